The van der Waals surface area contributed by atoms with E-state index in [0.29, 0.717) is 41.0 Å². The number of halogens is 2. The second-order valence-corrected chi connectivity index (χ2v) is 6.90. The maximum atomic E-state index is 12.6. The number of amides is 1. The van der Waals surface area contributed by atoms with Crippen LogP contribution in [0.15, 0.2) is 22.7 Å². The highest BCUT2D eigenvalue weighted by Gasteiger charge is 2.18. The van der Waals surface area contributed by atoms with Crippen LogP contribution in [0.4, 0.5) is 0 Å². The Morgan fingerprint density at radius 3 is 2.60 bits per heavy atom. The lowest BCUT2D eigenvalue weighted by Gasteiger charge is -2.24. The third kappa shape index (κ3) is 5.77. The van der Waals surface area contributed by atoms with Crippen LogP contribution in [-0.4, -0.2) is 28.9 Å². The van der Waals surface area contributed by atoms with Gasteiger partial charge >= 0.3 is 0 Å². The summed E-state index contributed by atoms with van der Waals surface area (Å²) in [5, 5.41) is 0.529. The maximum absolute atomic E-state index is 12.6. The molecule has 3 nitrogen and oxygen atoms in total. The second kappa shape index (κ2) is 7.96. The number of rotatable bonds is 6. The molecule has 0 fully saturated rings. The lowest BCUT2D eigenvalue weighted by Crippen LogP contribution is -2.36. The molecule has 20 heavy (non-hydrogen) atoms. The van der Waals surface area contributed by atoms with Gasteiger partial charge < -0.3 is 10.6 Å². The molecule has 0 atom stereocenters. The van der Waals surface area contributed by atoms with Crippen LogP contribution >= 0.6 is 39.7 Å². The van der Waals surface area contributed by atoms with Crippen molar-refractivity contribution in [1.29, 1.82) is 0 Å². The quantitative estimate of drug-likeness (QED) is 0.765. The molecule has 1 amide bonds. The Bertz CT molecular complexity index is 488. The molecule has 0 aromatic heterocycles. The highest BCUT2D eigenvalue weighted by Crippen LogP contribution is 2.21. The van der Waals surface area contributed by atoms with Gasteiger partial charge in [-0.3, -0.25) is 4.79 Å². The molecule has 6 heteroatoms. The van der Waals surface area contributed by atoms with E-state index in [1.807, 2.05) is 0 Å². The molecule has 2 N–H and O–H groups in total. The van der Waals surface area contributed by atoms with Crippen LogP contribution < -0.4 is 5.73 Å². The first-order valence-corrected chi connectivity index (χ1v) is 7.91. The molecule has 0 radical (unpaired) electrons. The monoisotopic (exact) mass is 376 g/mol. The Morgan fingerprint density at radius 1 is 1.45 bits per heavy atom. The fourth-order valence-electron chi connectivity index (χ4n) is 1.82. The van der Waals surface area contributed by atoms with Gasteiger partial charge in [-0.1, -0.05) is 53.6 Å². The van der Waals surface area contributed by atoms with Crippen LogP contribution in [0.2, 0.25) is 5.02 Å². The molecule has 0 heterocycles. The number of hydrogen-bond acceptors (Lipinski definition) is 2. The van der Waals surface area contributed by atoms with Crippen molar-refractivity contribution in [3.63, 3.8) is 0 Å². The lowest BCUT2D eigenvalue weighted by atomic mass is 10.1. The molecule has 0 aliphatic carbocycles. The Hall–Kier alpha value is -0.650. The van der Waals surface area contributed by atoms with E-state index in [0.717, 1.165) is 4.47 Å². The molecule has 0 saturated carbocycles. The number of nitrogens with two attached hydrogens (primary N) is 1. The maximum Gasteiger partial charge on any atom is 0.253 e. The van der Waals surface area contributed by atoms with Gasteiger partial charge in [0.15, 0.2) is 0 Å². The van der Waals surface area contributed by atoms with Gasteiger partial charge in [-0.2, -0.15) is 0 Å². The summed E-state index contributed by atoms with van der Waals surface area (Å²) in [5.74, 6) is 0.311. The smallest absolute Gasteiger partial charge is 0.253 e. The summed E-state index contributed by atoms with van der Waals surface area (Å²) in [6.07, 6.45) is 0.523. The topological polar surface area (TPSA) is 46.3 Å². The zero-order valence-electron chi connectivity index (χ0n) is 11.5. The Morgan fingerprint density at radius 2 is 2.10 bits per heavy atom. The lowest BCUT2D eigenvalue weighted by molar-refractivity contribution is 0.0741. The van der Waals surface area contributed by atoms with E-state index in [4.69, 9.17) is 29.6 Å². The fraction of sp³-hybridized carbons (Fsp3) is 0.429. The van der Waals surface area contributed by atoms with Gasteiger partial charge in [0.1, 0.15) is 0 Å². The summed E-state index contributed by atoms with van der Waals surface area (Å²) >= 11 is 14.2. The number of carbonyl (C=O) groups is 1. The van der Waals surface area contributed by atoms with E-state index in [1.165, 1.54) is 0 Å². The normalized spacial score (nSPS) is 10.7. The van der Waals surface area contributed by atoms with Crippen molar-refractivity contribution in [1.82, 2.24) is 4.90 Å². The Kier molecular flexibility index (Phi) is 6.92. The number of thiocarbonyl (C=S) groups is 1. The van der Waals surface area contributed by atoms with Gasteiger partial charge in [0, 0.05) is 34.6 Å². The van der Waals surface area contributed by atoms with Crippen molar-refractivity contribution in [3.05, 3.63) is 33.3 Å². The van der Waals surface area contributed by atoms with Gasteiger partial charge in [0.05, 0.1) is 4.99 Å². The third-order valence-corrected chi connectivity index (χ3v) is 3.49. The van der Waals surface area contributed by atoms with Crippen LogP contribution in [0.3, 0.4) is 0 Å². The van der Waals surface area contributed by atoms with Gasteiger partial charge in [-0.25, -0.2) is 0 Å². The summed E-state index contributed by atoms with van der Waals surface area (Å²) < 4.78 is 0.784. The Balaban J connectivity index is 2.93. The minimum Gasteiger partial charge on any atom is -0.393 e. The molecule has 110 valence electrons. The average Bonchev–Trinajstić information content (AvgIpc) is 2.31. The van der Waals surface area contributed by atoms with Crippen molar-refractivity contribution in [2.75, 3.05) is 13.1 Å². The molecule has 0 spiro atoms. The van der Waals surface area contributed by atoms with Gasteiger partial charge in [-0.05, 0) is 24.1 Å². The Labute approximate surface area is 138 Å². The SMILES string of the molecule is CC(C)CN(CCC(N)=S)C(=O)c1cc(Cl)cc(Br)c1. The highest BCUT2D eigenvalue weighted by atomic mass is 79.9. The highest BCUT2D eigenvalue weighted by molar-refractivity contribution is 9.10. The molecule has 0 saturated heterocycles. The van der Waals surface area contributed by atoms with Crippen molar-refractivity contribution in [2.24, 2.45) is 11.7 Å². The predicted molar refractivity (Wildman–Crippen MR) is 91.3 cm³/mol. The van der Waals surface area contributed by atoms with E-state index < -0.39 is 0 Å². The van der Waals surface area contributed by atoms with E-state index in [1.54, 1.807) is 23.1 Å². The van der Waals surface area contributed by atoms with Crippen LogP contribution in [0.25, 0.3) is 0 Å². The summed E-state index contributed by atoms with van der Waals surface area (Å²) in [7, 11) is 0. The predicted octanol–water partition coefficient (Wildman–Crippen LogP) is 3.88. The fourth-order valence-corrected chi connectivity index (χ4v) is 2.77. The number of carbonyl (C=O) groups excluding carboxylic acids is 1. The molecular weight excluding hydrogens is 360 g/mol. The number of nitrogens with zero attached hydrogens (tertiary/aromatic N) is 1. The number of hydrogen-bond donors (Lipinski definition) is 1. The summed E-state index contributed by atoms with van der Waals surface area (Å²) in [6, 6.07) is 5.19. The summed E-state index contributed by atoms with van der Waals surface area (Å²) in [4.78, 5) is 14.7. The van der Waals surface area contributed by atoms with Crippen molar-refractivity contribution in [2.45, 2.75) is 20.3 Å². The first kappa shape index (κ1) is 17.4. The largest absolute Gasteiger partial charge is 0.393 e. The van der Waals surface area contributed by atoms with E-state index in [2.05, 4.69) is 29.8 Å². The van der Waals surface area contributed by atoms with Gasteiger partial charge in [0.25, 0.3) is 5.91 Å². The molecule has 1 aromatic rings. The number of benzene rings is 1. The van der Waals surface area contributed by atoms with E-state index in [-0.39, 0.29) is 5.91 Å². The molecule has 0 unspecified atom stereocenters. The zero-order chi connectivity index (χ0) is 15.3. The van der Waals surface area contributed by atoms with Crippen molar-refractivity contribution >= 4 is 50.6 Å². The third-order valence-electron chi connectivity index (χ3n) is 2.61. The van der Waals surface area contributed by atoms with E-state index >= 15 is 0 Å². The molecule has 1 aromatic carbocycles. The minimum absolute atomic E-state index is 0.0573. The zero-order valence-corrected chi connectivity index (χ0v) is 14.7. The molecule has 0 aliphatic heterocycles. The molecular formula is C14H18BrClN2OS. The van der Waals surface area contributed by atoms with Crippen LogP contribution in [0, 0.1) is 5.92 Å². The van der Waals surface area contributed by atoms with Crippen LogP contribution in [0.5, 0.6) is 0 Å². The second-order valence-electron chi connectivity index (χ2n) is 5.02. The van der Waals surface area contributed by atoms with Crippen LogP contribution in [-0.2, 0) is 0 Å². The first-order chi connectivity index (χ1) is 9.29. The minimum atomic E-state index is -0.0573. The van der Waals surface area contributed by atoms with Gasteiger partial charge in [-0.15, -0.1) is 0 Å². The molecule has 0 bridgehead atoms. The van der Waals surface area contributed by atoms with Gasteiger partial charge in [0.2, 0.25) is 0 Å². The summed E-state index contributed by atoms with van der Waals surface area (Å²) in [5.41, 5.74) is 6.09. The molecule has 1 rings (SSSR count). The average molecular weight is 378 g/mol. The first-order valence-electron chi connectivity index (χ1n) is 6.33. The standard InChI is InChI=1S/C14H18BrClN2OS/c1-9(2)8-18(4-3-13(17)20)14(19)10-5-11(15)7-12(16)6-10/h5-7,9H,3-4,8H2,1-2H3,(H2,17,20). The summed E-state index contributed by atoms with van der Waals surface area (Å²) in [6.45, 7) is 5.31. The van der Waals surface area contributed by atoms with Crippen molar-refractivity contribution in [3.8, 4) is 0 Å². The van der Waals surface area contributed by atoms with E-state index in [9.17, 15) is 4.79 Å². The van der Waals surface area contributed by atoms with Crippen LogP contribution in [0.1, 0.15) is 30.6 Å². The van der Waals surface area contributed by atoms with Crippen molar-refractivity contribution < 1.29 is 4.79 Å². The molecule has 0 aliphatic rings.